The van der Waals surface area contributed by atoms with E-state index in [1.165, 1.54) is 0 Å². The van der Waals surface area contributed by atoms with Crippen LogP contribution in [-0.4, -0.2) is 98.2 Å². The van der Waals surface area contributed by atoms with Gasteiger partial charge in [0, 0.05) is 12.1 Å². The van der Waals surface area contributed by atoms with Gasteiger partial charge in [-0.1, -0.05) is 0 Å². The highest BCUT2D eigenvalue weighted by atomic mass is 16.7. The molecule has 2 aliphatic heterocycles. The van der Waals surface area contributed by atoms with Gasteiger partial charge in [0.1, 0.15) is 24.4 Å². The van der Waals surface area contributed by atoms with Gasteiger partial charge in [0.05, 0.1) is 18.2 Å². The minimum absolute atomic E-state index is 0.0108. The highest BCUT2D eigenvalue weighted by Gasteiger charge is 2.84. The number of nitrogens with one attached hydrogen (secondary N) is 1. The minimum Gasteiger partial charge on any atom is -0.479 e. The molecule has 2 saturated heterocycles. The van der Waals surface area contributed by atoms with Crippen molar-refractivity contribution in [3.05, 3.63) is 0 Å². The van der Waals surface area contributed by atoms with E-state index in [1.54, 1.807) is 4.90 Å². The van der Waals surface area contributed by atoms with Crippen molar-refractivity contribution in [3.8, 4) is 6.07 Å². The molecule has 6 fully saturated rings. The number of carboxylic acid groups (broad SMARTS) is 1. The van der Waals surface area contributed by atoms with Crippen LogP contribution in [0.25, 0.3) is 0 Å². The number of hydrogen-bond acceptors (Lipinski definition) is 9. The third-order valence-corrected chi connectivity index (χ3v) is 9.85. The van der Waals surface area contributed by atoms with E-state index in [2.05, 4.69) is 11.4 Å². The van der Waals surface area contributed by atoms with E-state index in [0.717, 1.165) is 32.1 Å². The quantitative estimate of drug-likeness (QED) is 0.309. The Morgan fingerprint density at radius 1 is 1.15 bits per heavy atom. The first-order valence-corrected chi connectivity index (χ1v) is 12.2. The van der Waals surface area contributed by atoms with Gasteiger partial charge in [-0.05, 0) is 62.2 Å². The van der Waals surface area contributed by atoms with Gasteiger partial charge in [0.25, 0.3) is 0 Å². The first kappa shape index (κ1) is 22.6. The fourth-order valence-corrected chi connectivity index (χ4v) is 8.53. The molecular weight excluding hydrogens is 446 g/mol. The summed E-state index contributed by atoms with van der Waals surface area (Å²) in [6.45, 7) is 0.759. The van der Waals surface area contributed by atoms with E-state index in [-0.39, 0.29) is 29.4 Å². The fourth-order valence-electron chi connectivity index (χ4n) is 8.53. The third-order valence-electron chi connectivity index (χ3n) is 9.85. The molecule has 6 aliphatic rings. The fraction of sp³-hybridized carbons (Fsp3) is 0.870. The number of aliphatic hydroxyl groups excluding tert-OH is 3. The molecule has 0 aromatic rings. The lowest BCUT2D eigenvalue weighted by atomic mass is 9.35. The number of amides is 1. The Morgan fingerprint density at radius 2 is 1.91 bits per heavy atom. The first-order valence-electron chi connectivity index (χ1n) is 12.2. The summed E-state index contributed by atoms with van der Waals surface area (Å²) in [5.74, 6) is -0.550. The maximum atomic E-state index is 12.9. The molecule has 34 heavy (non-hydrogen) atoms. The third kappa shape index (κ3) is 2.78. The van der Waals surface area contributed by atoms with Crippen LogP contribution in [0.4, 0.5) is 0 Å². The van der Waals surface area contributed by atoms with Crippen molar-refractivity contribution in [2.75, 3.05) is 13.1 Å². The lowest BCUT2D eigenvalue weighted by Gasteiger charge is -2.73. The SMILES string of the molecule is N#C[C@@H]1CCCN1C(=O)CNC12CC3CC4CC(O[C@@H]5O[C@H](C(=O)O)[C@@H](O)[C@H](O)[C@H]5O)(C1)CC432. The standard InChI is InChI=1S/C23H31N3O8/c24-7-13-2-1-3-26(13)14(27)8-25-22-6-12-4-11-5-21(9-22,10-23(11,12)22)34-20-17(30)15(28)16(29)18(33-20)19(31)32/h11-13,15-18,20,25,28-30H,1-6,8-10H2,(H,31,32)/t11?,12?,13-,15-,16-,17+,18-,20-,21?,22?,23?/m0/s1. The summed E-state index contributed by atoms with van der Waals surface area (Å²) in [5.41, 5.74) is -0.928. The zero-order chi connectivity index (χ0) is 24.0. The summed E-state index contributed by atoms with van der Waals surface area (Å²) < 4.78 is 11.7. The molecular formula is C23H31N3O8. The molecule has 1 amide bonds. The number of fused-ring (bicyclic) bond motifs is 1. The minimum atomic E-state index is -1.76. The molecule has 4 aliphatic carbocycles. The second-order valence-corrected chi connectivity index (χ2v) is 11.3. The van der Waals surface area contributed by atoms with Crippen molar-refractivity contribution in [1.82, 2.24) is 10.2 Å². The Balaban J connectivity index is 1.18. The summed E-state index contributed by atoms with van der Waals surface area (Å²) in [7, 11) is 0. The topological polar surface area (TPSA) is 173 Å². The summed E-state index contributed by atoms with van der Waals surface area (Å²) in [6.07, 6.45) is -2.46. The maximum absolute atomic E-state index is 12.9. The van der Waals surface area contributed by atoms with Crippen molar-refractivity contribution in [2.45, 2.75) is 92.8 Å². The molecule has 11 heteroatoms. The van der Waals surface area contributed by atoms with E-state index < -0.39 is 42.3 Å². The Kier molecular flexibility index (Phi) is 4.89. The molecule has 5 N–H and O–H groups in total. The van der Waals surface area contributed by atoms with E-state index in [1.807, 2.05) is 0 Å². The van der Waals surface area contributed by atoms with Crippen LogP contribution in [0.2, 0.25) is 0 Å². The smallest absolute Gasteiger partial charge is 0.335 e. The Bertz CT molecular complexity index is 957. The molecule has 11 nitrogen and oxygen atoms in total. The number of hydrogen-bond donors (Lipinski definition) is 5. The molecule has 5 unspecified atom stereocenters. The van der Waals surface area contributed by atoms with Crippen LogP contribution in [0.5, 0.6) is 0 Å². The average Bonchev–Trinajstić information content (AvgIpc) is 3.45. The first-order chi connectivity index (χ1) is 16.2. The van der Waals surface area contributed by atoms with E-state index >= 15 is 0 Å². The number of aliphatic hydroxyl groups is 3. The molecule has 0 radical (unpaired) electrons. The summed E-state index contributed by atoms with van der Waals surface area (Å²) in [6, 6.07) is 1.85. The average molecular weight is 478 g/mol. The van der Waals surface area contributed by atoms with Gasteiger partial charge in [-0.15, -0.1) is 0 Å². The predicted molar refractivity (Wildman–Crippen MR) is 112 cm³/mol. The van der Waals surface area contributed by atoms with Crippen molar-refractivity contribution >= 4 is 11.9 Å². The van der Waals surface area contributed by atoms with Gasteiger partial charge in [-0.25, -0.2) is 4.79 Å². The van der Waals surface area contributed by atoms with Crippen molar-refractivity contribution in [3.63, 3.8) is 0 Å². The monoisotopic (exact) mass is 477 g/mol. The largest absolute Gasteiger partial charge is 0.479 e. The number of likely N-dealkylation sites (tertiary alicyclic amines) is 1. The maximum Gasteiger partial charge on any atom is 0.335 e. The molecule has 6 rings (SSSR count). The van der Waals surface area contributed by atoms with Crippen LogP contribution in [0.3, 0.4) is 0 Å². The molecule has 1 spiro atoms. The van der Waals surface area contributed by atoms with Crippen molar-refractivity contribution in [2.24, 2.45) is 17.3 Å². The van der Waals surface area contributed by atoms with Crippen LogP contribution in [0, 0.1) is 28.6 Å². The van der Waals surface area contributed by atoms with Crippen LogP contribution < -0.4 is 5.32 Å². The summed E-state index contributed by atoms with van der Waals surface area (Å²) in [4.78, 5) is 26.0. The number of carboxylic acids is 1. The zero-order valence-electron chi connectivity index (χ0n) is 18.8. The van der Waals surface area contributed by atoms with Crippen LogP contribution in [-0.2, 0) is 19.1 Å². The Hall–Kier alpha value is -1.81. The lowest BCUT2D eigenvalue weighted by molar-refractivity contribution is -0.322. The molecule has 11 atom stereocenters. The molecule has 4 saturated carbocycles. The van der Waals surface area contributed by atoms with Gasteiger partial charge >= 0.3 is 5.97 Å². The van der Waals surface area contributed by atoms with Crippen molar-refractivity contribution < 1.29 is 39.5 Å². The van der Waals surface area contributed by atoms with Gasteiger partial charge in [0.2, 0.25) is 5.91 Å². The Morgan fingerprint density at radius 3 is 2.62 bits per heavy atom. The van der Waals surface area contributed by atoms with Crippen LogP contribution in [0.1, 0.15) is 44.9 Å². The Labute approximate surface area is 196 Å². The van der Waals surface area contributed by atoms with Crippen molar-refractivity contribution in [1.29, 1.82) is 5.26 Å². The normalized spacial score (nSPS) is 52.5. The number of nitrogens with zero attached hydrogens (tertiary/aromatic N) is 2. The number of aliphatic carboxylic acids is 1. The number of nitriles is 1. The zero-order valence-corrected chi connectivity index (χ0v) is 18.8. The molecule has 0 aromatic carbocycles. The summed E-state index contributed by atoms with van der Waals surface area (Å²) in [5, 5.41) is 52.9. The highest BCUT2D eigenvalue weighted by Crippen LogP contribution is 2.84. The summed E-state index contributed by atoms with van der Waals surface area (Å²) >= 11 is 0. The van der Waals surface area contributed by atoms with Crippen LogP contribution >= 0.6 is 0 Å². The van der Waals surface area contributed by atoms with Gasteiger partial charge in [0.15, 0.2) is 12.4 Å². The molecule has 2 bridgehead atoms. The molecule has 0 aromatic heterocycles. The lowest BCUT2D eigenvalue weighted by Crippen LogP contribution is -2.77. The number of ether oxygens (including phenoxy) is 2. The van der Waals surface area contributed by atoms with E-state index in [4.69, 9.17) is 9.47 Å². The van der Waals surface area contributed by atoms with E-state index in [9.17, 15) is 35.3 Å². The van der Waals surface area contributed by atoms with Gasteiger partial charge < -0.3 is 40.1 Å². The number of carbonyl (C=O) groups excluding carboxylic acids is 1. The number of rotatable bonds is 6. The molecule has 186 valence electrons. The van der Waals surface area contributed by atoms with Gasteiger partial charge in [-0.3, -0.25) is 4.79 Å². The number of carbonyl (C=O) groups is 2. The second-order valence-electron chi connectivity index (χ2n) is 11.3. The van der Waals surface area contributed by atoms with Crippen LogP contribution in [0.15, 0.2) is 0 Å². The molecule has 2 heterocycles. The predicted octanol–water partition coefficient (Wildman–Crippen LogP) is -1.30. The van der Waals surface area contributed by atoms with Gasteiger partial charge in [-0.2, -0.15) is 5.26 Å². The van der Waals surface area contributed by atoms with E-state index in [0.29, 0.717) is 31.2 Å². The second kappa shape index (κ2) is 7.35. The highest BCUT2D eigenvalue weighted by molar-refractivity contribution is 5.79.